The lowest BCUT2D eigenvalue weighted by Crippen LogP contribution is -2.43. The number of carbonyl (C=O) groups excluding carboxylic acids is 2. The third kappa shape index (κ3) is 8.47. The van der Waals surface area contributed by atoms with E-state index in [0.717, 1.165) is 24.8 Å². The van der Waals surface area contributed by atoms with Gasteiger partial charge in [0.25, 0.3) is 0 Å². The zero-order chi connectivity index (χ0) is 20.4. The fourth-order valence-electron chi connectivity index (χ4n) is 3.07. The van der Waals surface area contributed by atoms with Gasteiger partial charge in [-0.3, -0.25) is 15.0 Å². The van der Waals surface area contributed by atoms with Crippen LogP contribution in [0.1, 0.15) is 37.7 Å². The van der Waals surface area contributed by atoms with Gasteiger partial charge in [0.2, 0.25) is 5.91 Å². The van der Waals surface area contributed by atoms with Crippen LogP contribution in [0.3, 0.4) is 0 Å². The van der Waals surface area contributed by atoms with Gasteiger partial charge >= 0.3 is 12.6 Å². The summed E-state index contributed by atoms with van der Waals surface area (Å²) in [5.41, 5.74) is 2.20. The Morgan fingerprint density at radius 1 is 1.21 bits per heavy atom. The molecule has 1 aromatic carbocycles. The Hall–Kier alpha value is -2.48. The third-order valence-electron chi connectivity index (χ3n) is 4.38. The molecule has 0 radical (unpaired) electrons. The van der Waals surface area contributed by atoms with Crippen LogP contribution in [0, 0.1) is 0 Å². The van der Waals surface area contributed by atoms with Crippen LogP contribution in [0.4, 0.5) is 13.6 Å². The van der Waals surface area contributed by atoms with E-state index in [1.807, 2.05) is 0 Å². The topological polar surface area (TPSA) is 70.7 Å². The van der Waals surface area contributed by atoms with Gasteiger partial charge in [-0.2, -0.15) is 8.78 Å². The minimum absolute atomic E-state index is 0.0356. The van der Waals surface area contributed by atoms with E-state index in [-0.39, 0.29) is 12.3 Å². The minimum Gasteiger partial charge on any atom is -0.435 e. The summed E-state index contributed by atoms with van der Waals surface area (Å²) in [5.74, 6) is -0.325. The van der Waals surface area contributed by atoms with Crippen LogP contribution in [0.2, 0.25) is 0 Å². The van der Waals surface area contributed by atoms with Crippen molar-refractivity contribution in [1.29, 1.82) is 0 Å². The van der Waals surface area contributed by atoms with Crippen molar-refractivity contribution >= 4 is 11.9 Å². The van der Waals surface area contributed by atoms with Crippen molar-refractivity contribution in [1.82, 2.24) is 15.5 Å². The predicted molar refractivity (Wildman–Crippen MR) is 102 cm³/mol. The number of amides is 3. The molecule has 0 bridgehead atoms. The number of likely N-dealkylation sites (N-methyl/N-ethyl adjacent to an activating group) is 1. The second kappa shape index (κ2) is 11.4. The molecule has 0 saturated carbocycles. The number of carbonyl (C=O) groups is 2. The zero-order valence-corrected chi connectivity index (χ0v) is 16.0. The van der Waals surface area contributed by atoms with E-state index in [2.05, 4.69) is 21.4 Å². The Morgan fingerprint density at radius 2 is 1.96 bits per heavy atom. The first-order valence-corrected chi connectivity index (χ1v) is 9.40. The SMILES string of the molecule is CN(CC(=O)NC(=O)NCCC1=CCCCC1)Cc1ccc(OC(F)F)cc1. The smallest absolute Gasteiger partial charge is 0.387 e. The number of benzene rings is 1. The summed E-state index contributed by atoms with van der Waals surface area (Å²) in [7, 11) is 1.73. The average Bonchev–Trinajstić information content (AvgIpc) is 2.63. The number of rotatable bonds is 9. The van der Waals surface area contributed by atoms with E-state index in [4.69, 9.17) is 0 Å². The molecule has 2 N–H and O–H groups in total. The summed E-state index contributed by atoms with van der Waals surface area (Å²) in [5, 5.41) is 5.01. The number of nitrogens with zero attached hydrogens (tertiary/aromatic N) is 1. The molecule has 1 aliphatic rings. The quantitative estimate of drug-likeness (QED) is 0.629. The molecule has 28 heavy (non-hydrogen) atoms. The van der Waals surface area contributed by atoms with Gasteiger partial charge in [0.1, 0.15) is 5.75 Å². The Balaban J connectivity index is 1.65. The van der Waals surface area contributed by atoms with Crippen LogP contribution >= 0.6 is 0 Å². The molecular weight excluding hydrogens is 368 g/mol. The largest absolute Gasteiger partial charge is 0.435 e. The van der Waals surface area contributed by atoms with Gasteiger partial charge in [0, 0.05) is 13.1 Å². The molecule has 0 aliphatic heterocycles. The number of halogens is 2. The zero-order valence-electron chi connectivity index (χ0n) is 16.0. The molecular formula is C20H27F2N3O3. The Kier molecular flexibility index (Phi) is 8.87. The number of urea groups is 1. The van der Waals surface area contributed by atoms with Gasteiger partial charge < -0.3 is 10.1 Å². The summed E-state index contributed by atoms with van der Waals surface area (Å²) in [6, 6.07) is 5.70. The van der Waals surface area contributed by atoms with Crippen LogP contribution in [0.15, 0.2) is 35.9 Å². The van der Waals surface area contributed by atoms with Crippen molar-refractivity contribution in [3.63, 3.8) is 0 Å². The summed E-state index contributed by atoms with van der Waals surface area (Å²) in [6.45, 7) is -1.89. The summed E-state index contributed by atoms with van der Waals surface area (Å²) < 4.78 is 28.6. The third-order valence-corrected chi connectivity index (χ3v) is 4.38. The first kappa shape index (κ1) is 21.8. The number of hydrogen-bond acceptors (Lipinski definition) is 4. The summed E-state index contributed by atoms with van der Waals surface area (Å²) >= 11 is 0. The molecule has 6 nitrogen and oxygen atoms in total. The average molecular weight is 395 g/mol. The van der Waals surface area contributed by atoms with Gasteiger partial charge in [0.15, 0.2) is 0 Å². The summed E-state index contributed by atoms with van der Waals surface area (Å²) in [6.07, 6.45) is 7.66. The second-order valence-electron chi connectivity index (χ2n) is 6.86. The van der Waals surface area contributed by atoms with Crippen molar-refractivity contribution in [2.45, 2.75) is 45.3 Å². The lowest BCUT2D eigenvalue weighted by Gasteiger charge is -2.17. The van der Waals surface area contributed by atoms with Gasteiger partial charge in [-0.1, -0.05) is 23.8 Å². The molecule has 8 heteroatoms. The molecule has 2 rings (SSSR count). The lowest BCUT2D eigenvalue weighted by molar-refractivity contribution is -0.121. The summed E-state index contributed by atoms with van der Waals surface area (Å²) in [4.78, 5) is 25.5. The Bertz CT molecular complexity index is 678. The van der Waals surface area contributed by atoms with E-state index in [0.29, 0.717) is 13.1 Å². The first-order chi connectivity index (χ1) is 13.4. The highest BCUT2D eigenvalue weighted by molar-refractivity contribution is 5.95. The fraction of sp³-hybridized carbons (Fsp3) is 0.500. The maximum atomic E-state index is 12.1. The van der Waals surface area contributed by atoms with E-state index in [1.54, 1.807) is 24.1 Å². The number of hydrogen-bond donors (Lipinski definition) is 2. The van der Waals surface area contributed by atoms with Gasteiger partial charge in [-0.25, -0.2) is 4.79 Å². The molecule has 0 aromatic heterocycles. The highest BCUT2D eigenvalue weighted by atomic mass is 19.3. The standard InChI is InChI=1S/C20H27F2N3O3/c1-25(13-16-7-9-17(10-8-16)28-19(21)22)14-18(26)24-20(27)23-12-11-15-5-3-2-4-6-15/h5,7-10,19H,2-4,6,11-14H2,1H3,(H2,23,24,26,27). The van der Waals surface area contributed by atoms with Crippen LogP contribution in [-0.2, 0) is 11.3 Å². The molecule has 0 saturated heterocycles. The van der Waals surface area contributed by atoms with Gasteiger partial charge in [-0.15, -0.1) is 0 Å². The number of ether oxygens (including phenoxy) is 1. The number of alkyl halides is 2. The van der Waals surface area contributed by atoms with Crippen molar-refractivity contribution in [3.05, 3.63) is 41.5 Å². The van der Waals surface area contributed by atoms with Crippen molar-refractivity contribution in [3.8, 4) is 5.75 Å². The predicted octanol–water partition coefficient (Wildman–Crippen LogP) is 3.44. The van der Waals surface area contributed by atoms with Crippen molar-refractivity contribution in [2.75, 3.05) is 20.1 Å². The number of imide groups is 1. The van der Waals surface area contributed by atoms with E-state index < -0.39 is 18.5 Å². The fourth-order valence-corrected chi connectivity index (χ4v) is 3.07. The van der Waals surface area contributed by atoms with Crippen LogP contribution in [0.25, 0.3) is 0 Å². The maximum Gasteiger partial charge on any atom is 0.387 e. The maximum absolute atomic E-state index is 12.1. The van der Waals surface area contributed by atoms with E-state index >= 15 is 0 Å². The molecule has 0 atom stereocenters. The molecule has 0 unspecified atom stereocenters. The molecule has 0 spiro atoms. The Labute approximate surface area is 163 Å². The number of allylic oxidation sites excluding steroid dienone is 1. The normalized spacial score (nSPS) is 14.0. The molecule has 0 heterocycles. The van der Waals surface area contributed by atoms with Crippen molar-refractivity contribution in [2.24, 2.45) is 0 Å². The first-order valence-electron chi connectivity index (χ1n) is 9.40. The Morgan fingerprint density at radius 3 is 2.61 bits per heavy atom. The van der Waals surface area contributed by atoms with Crippen LogP contribution < -0.4 is 15.4 Å². The highest BCUT2D eigenvalue weighted by Crippen LogP contribution is 2.19. The molecule has 1 aliphatic carbocycles. The molecule has 3 amide bonds. The minimum atomic E-state index is -2.86. The highest BCUT2D eigenvalue weighted by Gasteiger charge is 2.12. The van der Waals surface area contributed by atoms with Gasteiger partial charge in [-0.05, 0) is 56.8 Å². The van der Waals surface area contributed by atoms with Crippen LogP contribution in [-0.4, -0.2) is 43.6 Å². The monoisotopic (exact) mass is 395 g/mol. The second-order valence-corrected chi connectivity index (χ2v) is 6.86. The van der Waals surface area contributed by atoms with E-state index in [1.165, 1.54) is 30.5 Å². The van der Waals surface area contributed by atoms with E-state index in [9.17, 15) is 18.4 Å². The van der Waals surface area contributed by atoms with Crippen LogP contribution in [0.5, 0.6) is 5.75 Å². The lowest BCUT2D eigenvalue weighted by atomic mass is 9.97. The molecule has 154 valence electrons. The van der Waals surface area contributed by atoms with Gasteiger partial charge in [0.05, 0.1) is 6.54 Å². The van der Waals surface area contributed by atoms with Crippen molar-refractivity contribution < 1.29 is 23.1 Å². The molecule has 0 fully saturated rings. The molecule has 1 aromatic rings. The number of nitrogens with one attached hydrogen (secondary N) is 2.